The summed E-state index contributed by atoms with van der Waals surface area (Å²) in [4.78, 5) is 13.6. The van der Waals surface area contributed by atoms with Crippen molar-refractivity contribution in [1.29, 1.82) is 0 Å². The van der Waals surface area contributed by atoms with Gasteiger partial charge in [0.05, 0.1) is 5.02 Å². The maximum absolute atomic E-state index is 9.94. The van der Waals surface area contributed by atoms with Crippen LogP contribution in [0.3, 0.4) is 0 Å². The Morgan fingerprint density at radius 2 is 2.45 bits per heavy atom. The van der Waals surface area contributed by atoms with Gasteiger partial charge in [0, 0.05) is 12.4 Å². The molecule has 0 fully saturated rings. The summed E-state index contributed by atoms with van der Waals surface area (Å²) in [6, 6.07) is 1.42. The Hall–Kier alpha value is -1.36. The largest absolute Gasteiger partial charge is 0.263 e. The van der Waals surface area contributed by atoms with Crippen molar-refractivity contribution in [3.05, 3.63) is 33.6 Å². The molecule has 1 rings (SSSR count). The number of hydrazine groups is 1. The fourth-order valence-electron chi connectivity index (χ4n) is 0.564. The zero-order chi connectivity index (χ0) is 8.27. The summed E-state index contributed by atoms with van der Waals surface area (Å²) >= 11 is 5.54. The van der Waals surface area contributed by atoms with Gasteiger partial charge in [0.25, 0.3) is 0 Å². The van der Waals surface area contributed by atoms with Crippen molar-refractivity contribution in [3.63, 3.8) is 0 Å². The number of aromatic nitrogens is 1. The first-order valence-corrected chi connectivity index (χ1v) is 3.08. The molecule has 0 bridgehead atoms. The third kappa shape index (κ3) is 2.05. The Morgan fingerprint density at radius 3 is 3.00 bits per heavy atom. The van der Waals surface area contributed by atoms with Crippen LogP contribution in [0.1, 0.15) is 0 Å². The van der Waals surface area contributed by atoms with Gasteiger partial charge in [-0.1, -0.05) is 11.6 Å². The van der Waals surface area contributed by atoms with Crippen LogP contribution in [0.5, 0.6) is 0 Å². The molecule has 0 unspecified atom stereocenters. The van der Waals surface area contributed by atoms with Gasteiger partial charge in [0.1, 0.15) is 5.69 Å². The van der Waals surface area contributed by atoms with Crippen LogP contribution in [-0.4, -0.2) is 10.0 Å². The zero-order valence-electron chi connectivity index (χ0n) is 5.32. The second kappa shape index (κ2) is 3.16. The van der Waals surface area contributed by atoms with Gasteiger partial charge in [0.15, 0.2) is 5.03 Å². The third-order valence-electron chi connectivity index (χ3n) is 0.984. The van der Waals surface area contributed by atoms with Crippen molar-refractivity contribution < 1.29 is 5.03 Å². The van der Waals surface area contributed by atoms with Crippen LogP contribution in [0.25, 0.3) is 0 Å². The molecule has 5 nitrogen and oxygen atoms in total. The molecule has 1 heterocycles. The summed E-state index contributed by atoms with van der Waals surface area (Å²) in [7, 11) is 0. The van der Waals surface area contributed by atoms with Crippen LogP contribution < -0.4 is 5.43 Å². The number of nitrogens with zero attached hydrogens (tertiary/aromatic N) is 2. The lowest BCUT2D eigenvalue weighted by Crippen LogP contribution is -2.07. The standard InChI is InChI=1S/C5H4ClN3O2/c6-4-3-7-2-1-5(4)8-9(10)11/h1-3H,(H,7,8). The lowest BCUT2D eigenvalue weighted by molar-refractivity contribution is -0.445. The average molecular weight is 174 g/mol. The molecule has 1 aromatic rings. The maximum atomic E-state index is 9.94. The van der Waals surface area contributed by atoms with Crippen molar-refractivity contribution in [3.8, 4) is 0 Å². The summed E-state index contributed by atoms with van der Waals surface area (Å²) in [5.41, 5.74) is 2.17. The van der Waals surface area contributed by atoms with Gasteiger partial charge < -0.3 is 0 Å². The maximum Gasteiger partial charge on any atom is 0.162 e. The van der Waals surface area contributed by atoms with Gasteiger partial charge in [-0.15, -0.1) is 5.43 Å². The monoisotopic (exact) mass is 173 g/mol. The highest BCUT2D eigenvalue weighted by atomic mass is 35.5. The van der Waals surface area contributed by atoms with Crippen LogP contribution in [0.4, 0.5) is 5.69 Å². The Balaban J connectivity index is 2.86. The smallest absolute Gasteiger partial charge is 0.162 e. The Bertz CT molecular complexity index is 278. The number of hydrogen-bond acceptors (Lipinski definition) is 3. The second-order valence-corrected chi connectivity index (χ2v) is 2.13. The summed E-state index contributed by atoms with van der Waals surface area (Å²) in [5, 5.41) is 9.48. The van der Waals surface area contributed by atoms with Crippen LogP contribution in [0.15, 0.2) is 18.5 Å². The molecule has 0 saturated carbocycles. The number of nitro groups is 1. The van der Waals surface area contributed by atoms with E-state index in [-0.39, 0.29) is 10.7 Å². The predicted octanol–water partition coefficient (Wildman–Crippen LogP) is 1.34. The zero-order valence-corrected chi connectivity index (χ0v) is 6.08. The van der Waals surface area contributed by atoms with E-state index in [4.69, 9.17) is 11.6 Å². The summed E-state index contributed by atoms with van der Waals surface area (Å²) in [6.07, 6.45) is 2.74. The van der Waals surface area contributed by atoms with Gasteiger partial charge in [-0.3, -0.25) is 4.98 Å². The van der Waals surface area contributed by atoms with Crippen LogP contribution in [0, 0.1) is 10.1 Å². The number of halogens is 1. The molecule has 0 spiro atoms. The van der Waals surface area contributed by atoms with Crippen molar-refractivity contribution in [2.75, 3.05) is 5.43 Å². The fourth-order valence-corrected chi connectivity index (χ4v) is 0.726. The molecule has 0 aliphatic rings. The molecule has 0 saturated heterocycles. The first kappa shape index (κ1) is 7.74. The predicted molar refractivity (Wildman–Crippen MR) is 39.9 cm³/mol. The molecule has 1 N–H and O–H groups in total. The highest BCUT2D eigenvalue weighted by Gasteiger charge is 2.02. The lowest BCUT2D eigenvalue weighted by atomic mass is 10.4. The van der Waals surface area contributed by atoms with E-state index in [2.05, 4.69) is 4.98 Å². The van der Waals surface area contributed by atoms with Crippen molar-refractivity contribution in [2.24, 2.45) is 0 Å². The quantitative estimate of drug-likeness (QED) is 0.541. The number of pyridine rings is 1. The van der Waals surface area contributed by atoms with Crippen LogP contribution >= 0.6 is 11.6 Å². The molecule has 1 aromatic heterocycles. The van der Waals surface area contributed by atoms with Gasteiger partial charge in [-0.2, -0.15) is 0 Å². The Labute approximate surface area is 67.1 Å². The molecule has 58 valence electrons. The minimum Gasteiger partial charge on any atom is -0.263 e. The highest BCUT2D eigenvalue weighted by Crippen LogP contribution is 2.18. The van der Waals surface area contributed by atoms with E-state index < -0.39 is 5.03 Å². The molecule has 0 amide bonds. The van der Waals surface area contributed by atoms with Crippen LogP contribution in [-0.2, 0) is 0 Å². The van der Waals surface area contributed by atoms with Crippen molar-refractivity contribution in [1.82, 2.24) is 4.98 Å². The minimum absolute atomic E-state index is 0.226. The van der Waals surface area contributed by atoms with Gasteiger partial charge in [0.2, 0.25) is 0 Å². The van der Waals surface area contributed by atoms with Crippen molar-refractivity contribution >= 4 is 17.3 Å². The molecule has 6 heteroatoms. The normalized spacial score (nSPS) is 9.18. The highest BCUT2D eigenvalue weighted by molar-refractivity contribution is 6.32. The number of hydrogen-bond donors (Lipinski definition) is 1. The first-order chi connectivity index (χ1) is 5.20. The summed E-state index contributed by atoms with van der Waals surface area (Å²) in [5.74, 6) is 0. The Morgan fingerprint density at radius 1 is 1.73 bits per heavy atom. The van der Waals surface area contributed by atoms with E-state index in [0.717, 1.165) is 0 Å². The van der Waals surface area contributed by atoms with Gasteiger partial charge in [-0.25, -0.2) is 10.1 Å². The number of anilines is 1. The lowest BCUT2D eigenvalue weighted by Gasteiger charge is -1.96. The molecule has 0 aromatic carbocycles. The van der Waals surface area contributed by atoms with E-state index in [1.165, 1.54) is 18.5 Å². The summed E-state index contributed by atoms with van der Waals surface area (Å²) < 4.78 is 0. The average Bonchev–Trinajstić information content (AvgIpc) is 1.93. The van der Waals surface area contributed by atoms with Gasteiger partial charge >= 0.3 is 0 Å². The van der Waals surface area contributed by atoms with E-state index in [9.17, 15) is 10.1 Å². The number of rotatable bonds is 2. The van der Waals surface area contributed by atoms with Crippen LogP contribution in [0.2, 0.25) is 5.02 Å². The molecular formula is C5H4ClN3O2. The molecule has 0 aliphatic carbocycles. The van der Waals surface area contributed by atoms with E-state index in [0.29, 0.717) is 0 Å². The van der Waals surface area contributed by atoms with E-state index in [1.807, 2.05) is 5.43 Å². The molecular weight excluding hydrogens is 170 g/mol. The topological polar surface area (TPSA) is 68.1 Å². The molecule has 11 heavy (non-hydrogen) atoms. The fraction of sp³-hybridized carbons (Fsp3) is 0. The third-order valence-corrected chi connectivity index (χ3v) is 1.29. The van der Waals surface area contributed by atoms with E-state index in [1.54, 1.807) is 0 Å². The molecule has 0 aliphatic heterocycles. The molecule has 0 radical (unpaired) electrons. The second-order valence-electron chi connectivity index (χ2n) is 1.72. The first-order valence-electron chi connectivity index (χ1n) is 2.70. The van der Waals surface area contributed by atoms with Crippen molar-refractivity contribution in [2.45, 2.75) is 0 Å². The van der Waals surface area contributed by atoms with E-state index >= 15 is 0 Å². The SMILES string of the molecule is O=[N+]([O-])Nc1ccncc1Cl. The summed E-state index contributed by atoms with van der Waals surface area (Å²) in [6.45, 7) is 0. The molecule has 0 atom stereocenters. The number of nitrogens with one attached hydrogen (secondary N) is 1. The van der Waals surface area contributed by atoms with Gasteiger partial charge in [-0.05, 0) is 6.07 Å². The minimum atomic E-state index is -0.679. The Kier molecular flexibility index (Phi) is 2.22.